The topological polar surface area (TPSA) is 45.2 Å². The van der Waals surface area contributed by atoms with Gasteiger partial charge in [0.2, 0.25) is 0 Å². The Kier molecular flexibility index (Phi) is 4.74. The van der Waals surface area contributed by atoms with Crippen LogP contribution in [0.1, 0.15) is 29.9 Å². The van der Waals surface area contributed by atoms with Crippen LogP contribution in [-0.4, -0.2) is 24.0 Å². The van der Waals surface area contributed by atoms with Crippen LogP contribution in [0.25, 0.3) is 0 Å². The zero-order valence-electron chi connectivity index (χ0n) is 12.0. The van der Waals surface area contributed by atoms with Crippen molar-refractivity contribution in [1.29, 1.82) is 0 Å². The number of anilines is 2. The molecule has 2 rings (SSSR count). The fourth-order valence-corrected chi connectivity index (χ4v) is 2.62. The molecule has 1 amide bonds. The molecule has 5 heteroatoms. The summed E-state index contributed by atoms with van der Waals surface area (Å²) in [6.45, 7) is 8.22. The van der Waals surface area contributed by atoms with Crippen molar-refractivity contribution in [3.63, 3.8) is 0 Å². The Morgan fingerprint density at radius 1 is 1.35 bits per heavy atom. The Balaban J connectivity index is 2.16. The monoisotopic (exact) mass is 289 g/mol. The second-order valence-electron chi connectivity index (χ2n) is 4.50. The Hall–Kier alpha value is -1.88. The highest BCUT2D eigenvalue weighted by atomic mass is 32.1. The molecule has 1 N–H and O–H groups in total. The zero-order valence-corrected chi connectivity index (χ0v) is 12.8. The van der Waals surface area contributed by atoms with Gasteiger partial charge >= 0.3 is 0 Å². The number of hydrogen-bond acceptors (Lipinski definition) is 4. The van der Waals surface area contributed by atoms with E-state index in [1.54, 1.807) is 10.9 Å². The van der Waals surface area contributed by atoms with E-state index in [-0.39, 0.29) is 5.91 Å². The van der Waals surface area contributed by atoms with Crippen LogP contribution in [0.2, 0.25) is 0 Å². The lowest BCUT2D eigenvalue weighted by atomic mass is 10.1. The molecule has 0 saturated heterocycles. The number of nitrogens with one attached hydrogen (secondary N) is 1. The van der Waals surface area contributed by atoms with Gasteiger partial charge in [0.15, 0.2) is 0 Å². The van der Waals surface area contributed by atoms with E-state index in [1.165, 1.54) is 17.0 Å². The molecule has 1 aromatic heterocycles. The normalized spacial score (nSPS) is 10.3. The highest BCUT2D eigenvalue weighted by molar-refractivity contribution is 7.07. The zero-order chi connectivity index (χ0) is 14.5. The number of aryl methyl sites for hydroxylation is 1. The molecule has 1 heterocycles. The highest BCUT2D eigenvalue weighted by Crippen LogP contribution is 2.23. The summed E-state index contributed by atoms with van der Waals surface area (Å²) in [5, 5.41) is 4.65. The van der Waals surface area contributed by atoms with Gasteiger partial charge in [0.25, 0.3) is 5.91 Å². The van der Waals surface area contributed by atoms with Gasteiger partial charge in [0.05, 0.1) is 5.51 Å². The number of benzene rings is 1. The number of nitrogens with zero attached hydrogens (tertiary/aromatic N) is 2. The first-order chi connectivity index (χ1) is 9.65. The molecular weight excluding hydrogens is 270 g/mol. The maximum Gasteiger partial charge on any atom is 0.275 e. The van der Waals surface area contributed by atoms with Crippen LogP contribution in [0.3, 0.4) is 0 Å². The summed E-state index contributed by atoms with van der Waals surface area (Å²) in [5.74, 6) is -0.162. The molecule has 1 aromatic carbocycles. The van der Waals surface area contributed by atoms with Crippen LogP contribution in [0.15, 0.2) is 29.1 Å². The first kappa shape index (κ1) is 14.5. The van der Waals surface area contributed by atoms with Gasteiger partial charge in [-0.2, -0.15) is 0 Å². The van der Waals surface area contributed by atoms with E-state index in [9.17, 15) is 4.79 Å². The predicted octanol–water partition coefficient (Wildman–Crippen LogP) is 3.55. The standard InChI is InChI=1S/C15H19N3OS/c1-4-18(5-2)12-6-7-13(11(3)8-12)17-15(19)14-9-20-10-16-14/h6-10H,4-5H2,1-3H3,(H,17,19). The van der Waals surface area contributed by atoms with Crippen LogP contribution in [0.4, 0.5) is 11.4 Å². The van der Waals surface area contributed by atoms with Crippen molar-refractivity contribution in [1.82, 2.24) is 4.98 Å². The van der Waals surface area contributed by atoms with Crippen LogP contribution in [0.5, 0.6) is 0 Å². The Labute approximate surface area is 123 Å². The minimum Gasteiger partial charge on any atom is -0.372 e. The minimum absolute atomic E-state index is 0.162. The molecular formula is C15H19N3OS. The van der Waals surface area contributed by atoms with Crippen molar-refractivity contribution in [2.75, 3.05) is 23.3 Å². The average Bonchev–Trinajstić information content (AvgIpc) is 2.97. The highest BCUT2D eigenvalue weighted by Gasteiger charge is 2.10. The van der Waals surface area contributed by atoms with Gasteiger partial charge in [-0.25, -0.2) is 4.98 Å². The predicted molar refractivity (Wildman–Crippen MR) is 84.8 cm³/mol. The molecule has 20 heavy (non-hydrogen) atoms. The second-order valence-corrected chi connectivity index (χ2v) is 5.22. The van der Waals surface area contributed by atoms with Gasteiger partial charge in [0.1, 0.15) is 5.69 Å². The molecule has 0 aliphatic heterocycles. The molecule has 4 nitrogen and oxygen atoms in total. The van der Waals surface area contributed by atoms with E-state index in [2.05, 4.69) is 35.1 Å². The van der Waals surface area contributed by atoms with E-state index < -0.39 is 0 Å². The molecule has 2 aromatic rings. The summed E-state index contributed by atoms with van der Waals surface area (Å²) < 4.78 is 0. The van der Waals surface area contributed by atoms with Crippen molar-refractivity contribution in [2.24, 2.45) is 0 Å². The number of thiazole rings is 1. The SMILES string of the molecule is CCN(CC)c1ccc(NC(=O)c2cscn2)c(C)c1. The number of carbonyl (C=O) groups is 1. The summed E-state index contributed by atoms with van der Waals surface area (Å²) >= 11 is 1.42. The molecule has 0 fully saturated rings. The van der Waals surface area contributed by atoms with E-state index in [0.717, 1.165) is 24.3 Å². The van der Waals surface area contributed by atoms with Crippen LogP contribution in [-0.2, 0) is 0 Å². The third kappa shape index (κ3) is 3.17. The molecule has 0 bridgehead atoms. The summed E-state index contributed by atoms with van der Waals surface area (Å²) in [5.41, 5.74) is 5.18. The second kappa shape index (κ2) is 6.52. The van der Waals surface area contributed by atoms with Crippen molar-refractivity contribution in [3.8, 4) is 0 Å². The van der Waals surface area contributed by atoms with Crippen molar-refractivity contribution in [3.05, 3.63) is 40.3 Å². The van der Waals surface area contributed by atoms with Gasteiger partial charge in [-0.05, 0) is 44.5 Å². The Morgan fingerprint density at radius 3 is 2.65 bits per heavy atom. The maximum absolute atomic E-state index is 12.0. The molecule has 0 atom stereocenters. The van der Waals surface area contributed by atoms with E-state index >= 15 is 0 Å². The number of aromatic nitrogens is 1. The van der Waals surface area contributed by atoms with E-state index in [4.69, 9.17) is 0 Å². The largest absolute Gasteiger partial charge is 0.372 e. The summed E-state index contributed by atoms with van der Waals surface area (Å²) in [7, 11) is 0. The quantitative estimate of drug-likeness (QED) is 0.915. The molecule has 0 aliphatic carbocycles. The van der Waals surface area contributed by atoms with Gasteiger partial charge in [-0.15, -0.1) is 11.3 Å². The lowest BCUT2D eigenvalue weighted by Crippen LogP contribution is -2.22. The molecule has 0 radical (unpaired) electrons. The number of carbonyl (C=O) groups excluding carboxylic acids is 1. The summed E-state index contributed by atoms with van der Waals surface area (Å²) in [6, 6.07) is 6.09. The maximum atomic E-state index is 12.0. The third-order valence-electron chi connectivity index (χ3n) is 3.25. The number of hydrogen-bond donors (Lipinski definition) is 1. The van der Waals surface area contributed by atoms with Crippen LogP contribution in [0, 0.1) is 6.92 Å². The van der Waals surface area contributed by atoms with E-state index in [0.29, 0.717) is 5.69 Å². The van der Waals surface area contributed by atoms with Gasteiger partial charge in [-0.3, -0.25) is 4.79 Å². The van der Waals surface area contributed by atoms with Gasteiger partial charge in [-0.1, -0.05) is 0 Å². The Bertz CT molecular complexity index is 577. The molecule has 0 aliphatic rings. The number of rotatable bonds is 5. The van der Waals surface area contributed by atoms with Gasteiger partial charge < -0.3 is 10.2 Å². The molecule has 106 valence electrons. The average molecular weight is 289 g/mol. The van der Waals surface area contributed by atoms with Crippen LogP contribution < -0.4 is 10.2 Å². The lowest BCUT2D eigenvalue weighted by molar-refractivity contribution is 0.102. The van der Waals surface area contributed by atoms with Crippen molar-refractivity contribution >= 4 is 28.6 Å². The first-order valence-corrected chi connectivity index (χ1v) is 7.65. The van der Waals surface area contributed by atoms with Crippen molar-refractivity contribution in [2.45, 2.75) is 20.8 Å². The smallest absolute Gasteiger partial charge is 0.275 e. The van der Waals surface area contributed by atoms with Crippen LogP contribution >= 0.6 is 11.3 Å². The Morgan fingerprint density at radius 2 is 2.10 bits per heavy atom. The number of amides is 1. The van der Waals surface area contributed by atoms with Gasteiger partial charge in [0, 0.05) is 29.8 Å². The fraction of sp³-hybridized carbons (Fsp3) is 0.333. The summed E-state index contributed by atoms with van der Waals surface area (Å²) in [4.78, 5) is 18.3. The van der Waals surface area contributed by atoms with Crippen molar-refractivity contribution < 1.29 is 4.79 Å². The first-order valence-electron chi connectivity index (χ1n) is 6.70. The fourth-order valence-electron chi connectivity index (χ4n) is 2.08. The third-order valence-corrected chi connectivity index (χ3v) is 3.84. The molecule has 0 spiro atoms. The minimum atomic E-state index is -0.162. The molecule has 0 saturated carbocycles. The lowest BCUT2D eigenvalue weighted by Gasteiger charge is -2.22. The van der Waals surface area contributed by atoms with E-state index in [1.807, 2.05) is 19.1 Å². The summed E-state index contributed by atoms with van der Waals surface area (Å²) in [6.07, 6.45) is 0. The molecule has 0 unspecified atom stereocenters.